The van der Waals surface area contributed by atoms with Crippen LogP contribution in [0.1, 0.15) is 29.0 Å². The minimum atomic E-state index is -3.72. The number of hydrogen-bond acceptors (Lipinski definition) is 5. The fourth-order valence-corrected chi connectivity index (χ4v) is 5.20. The number of nitrogens with one attached hydrogen (secondary N) is 1. The number of rotatable bonds is 5. The van der Waals surface area contributed by atoms with Crippen LogP contribution in [-0.2, 0) is 16.6 Å². The van der Waals surface area contributed by atoms with Crippen molar-refractivity contribution in [2.24, 2.45) is 0 Å². The molecule has 3 aromatic rings. The molecule has 0 saturated carbocycles. The normalized spacial score (nSPS) is 15.2. The second kappa shape index (κ2) is 7.50. The van der Waals surface area contributed by atoms with Gasteiger partial charge in [-0.2, -0.15) is 4.31 Å². The largest absolute Gasteiger partial charge is 0.345 e. The first-order chi connectivity index (χ1) is 13.5. The molecule has 146 valence electrons. The Morgan fingerprint density at radius 2 is 1.93 bits per heavy atom. The Hall–Kier alpha value is -2.49. The molecule has 1 aliphatic heterocycles. The van der Waals surface area contributed by atoms with E-state index in [9.17, 15) is 13.2 Å². The van der Waals surface area contributed by atoms with Gasteiger partial charge in [0.2, 0.25) is 10.0 Å². The van der Waals surface area contributed by atoms with Gasteiger partial charge in [0.1, 0.15) is 4.90 Å². The molecule has 0 spiro atoms. The molecule has 2 aromatic heterocycles. The standard InChI is InChI=1S/C18H18ClN5O3S/c19-14-7-6-13(11-15(14)28(26,27)23-8-3-4-9-23)18(25)20-12-17-22-21-16-5-1-2-10-24(16)17/h1-2,5-7,10-11H,3-4,8-9,12H2,(H,20,25). The van der Waals surface area contributed by atoms with Gasteiger partial charge in [-0.15, -0.1) is 10.2 Å². The van der Waals surface area contributed by atoms with Crippen LogP contribution in [-0.4, -0.2) is 46.3 Å². The molecule has 0 atom stereocenters. The molecule has 0 aliphatic carbocycles. The first-order valence-corrected chi connectivity index (χ1v) is 10.7. The third-order valence-corrected chi connectivity index (χ3v) is 7.05. The molecule has 28 heavy (non-hydrogen) atoms. The van der Waals surface area contributed by atoms with E-state index in [4.69, 9.17) is 11.6 Å². The van der Waals surface area contributed by atoms with Crippen LogP contribution in [0.4, 0.5) is 0 Å². The van der Waals surface area contributed by atoms with Crippen molar-refractivity contribution in [2.45, 2.75) is 24.3 Å². The summed E-state index contributed by atoms with van der Waals surface area (Å²) in [4.78, 5) is 12.5. The fourth-order valence-electron chi connectivity index (χ4n) is 3.18. The molecule has 1 N–H and O–H groups in total. The summed E-state index contributed by atoms with van der Waals surface area (Å²) < 4.78 is 28.8. The highest BCUT2D eigenvalue weighted by molar-refractivity contribution is 7.89. The van der Waals surface area contributed by atoms with E-state index in [0.29, 0.717) is 24.6 Å². The molecule has 0 radical (unpaired) electrons. The summed E-state index contributed by atoms with van der Waals surface area (Å²) in [7, 11) is -3.72. The Morgan fingerprint density at radius 1 is 1.14 bits per heavy atom. The van der Waals surface area contributed by atoms with Crippen LogP contribution >= 0.6 is 11.6 Å². The SMILES string of the molecule is O=C(NCc1nnc2ccccn12)c1ccc(Cl)c(S(=O)(=O)N2CCCC2)c1. The molecule has 8 nitrogen and oxygen atoms in total. The van der Waals surface area contributed by atoms with E-state index in [2.05, 4.69) is 15.5 Å². The molecule has 1 fully saturated rings. The molecular weight excluding hydrogens is 402 g/mol. The molecule has 0 unspecified atom stereocenters. The molecule has 1 amide bonds. The fraction of sp³-hybridized carbons (Fsp3) is 0.278. The maximum Gasteiger partial charge on any atom is 0.251 e. The zero-order valence-electron chi connectivity index (χ0n) is 14.9. The maximum absolute atomic E-state index is 12.8. The monoisotopic (exact) mass is 419 g/mol. The van der Waals surface area contributed by atoms with E-state index in [1.165, 1.54) is 22.5 Å². The number of halogens is 1. The van der Waals surface area contributed by atoms with E-state index in [1.54, 1.807) is 10.6 Å². The van der Waals surface area contributed by atoms with Gasteiger partial charge < -0.3 is 5.32 Å². The number of benzene rings is 1. The summed E-state index contributed by atoms with van der Waals surface area (Å²) in [5.74, 6) is 0.157. The Balaban J connectivity index is 1.55. The number of pyridine rings is 1. The van der Waals surface area contributed by atoms with E-state index >= 15 is 0 Å². The molecule has 0 bridgehead atoms. The van der Waals surface area contributed by atoms with Crippen molar-refractivity contribution in [1.82, 2.24) is 24.2 Å². The number of amides is 1. The molecule has 1 aromatic carbocycles. The van der Waals surface area contributed by atoms with Crippen molar-refractivity contribution < 1.29 is 13.2 Å². The molecule has 3 heterocycles. The van der Waals surface area contributed by atoms with Gasteiger partial charge in [-0.1, -0.05) is 17.7 Å². The summed E-state index contributed by atoms with van der Waals surface area (Å²) in [6, 6.07) is 9.77. The van der Waals surface area contributed by atoms with Gasteiger partial charge in [0, 0.05) is 24.8 Å². The van der Waals surface area contributed by atoms with Crippen LogP contribution in [0, 0.1) is 0 Å². The van der Waals surface area contributed by atoms with Crippen LogP contribution in [0.2, 0.25) is 5.02 Å². The second-order valence-corrected chi connectivity index (χ2v) is 8.80. The van der Waals surface area contributed by atoms with Crippen molar-refractivity contribution in [3.8, 4) is 0 Å². The van der Waals surface area contributed by atoms with Gasteiger partial charge in [0.05, 0.1) is 11.6 Å². The highest BCUT2D eigenvalue weighted by atomic mass is 35.5. The number of aromatic nitrogens is 3. The van der Waals surface area contributed by atoms with Crippen LogP contribution < -0.4 is 5.32 Å². The molecule has 4 rings (SSSR count). The summed E-state index contributed by atoms with van der Waals surface area (Å²) in [5.41, 5.74) is 0.897. The lowest BCUT2D eigenvalue weighted by molar-refractivity contribution is 0.0949. The van der Waals surface area contributed by atoms with Crippen molar-refractivity contribution in [1.29, 1.82) is 0 Å². The van der Waals surface area contributed by atoms with E-state index in [0.717, 1.165) is 12.8 Å². The zero-order chi connectivity index (χ0) is 19.7. The van der Waals surface area contributed by atoms with Crippen LogP contribution in [0.5, 0.6) is 0 Å². The molecule has 1 aliphatic rings. The summed E-state index contributed by atoms with van der Waals surface area (Å²) in [6.07, 6.45) is 3.45. The summed E-state index contributed by atoms with van der Waals surface area (Å²) >= 11 is 6.13. The Bertz CT molecular complexity index is 1140. The third kappa shape index (κ3) is 3.48. The van der Waals surface area contributed by atoms with Gasteiger partial charge in [-0.25, -0.2) is 8.42 Å². The van der Waals surface area contributed by atoms with E-state index in [-0.39, 0.29) is 22.0 Å². The minimum Gasteiger partial charge on any atom is -0.345 e. The van der Waals surface area contributed by atoms with Gasteiger partial charge in [0.25, 0.3) is 5.91 Å². The number of sulfonamides is 1. The van der Waals surface area contributed by atoms with Crippen molar-refractivity contribution in [3.63, 3.8) is 0 Å². The van der Waals surface area contributed by atoms with E-state index in [1.807, 2.05) is 18.2 Å². The first kappa shape index (κ1) is 18.9. The molecule has 1 saturated heterocycles. The molecule has 10 heteroatoms. The van der Waals surface area contributed by atoms with Gasteiger partial charge in [-0.05, 0) is 43.2 Å². The van der Waals surface area contributed by atoms with Crippen molar-refractivity contribution >= 4 is 33.2 Å². The second-order valence-electron chi connectivity index (χ2n) is 6.48. The lowest BCUT2D eigenvalue weighted by atomic mass is 10.2. The number of fused-ring (bicyclic) bond motifs is 1. The minimum absolute atomic E-state index is 0.0448. The Labute approximate surface area is 167 Å². The quantitative estimate of drug-likeness (QED) is 0.683. The van der Waals surface area contributed by atoms with Gasteiger partial charge in [0.15, 0.2) is 11.5 Å². The number of carbonyl (C=O) groups excluding carboxylic acids is 1. The summed E-state index contributed by atoms with van der Waals surface area (Å²) in [5, 5.41) is 10.9. The summed E-state index contributed by atoms with van der Waals surface area (Å²) in [6.45, 7) is 1.09. The Kier molecular flexibility index (Phi) is 5.05. The third-order valence-electron chi connectivity index (χ3n) is 4.67. The maximum atomic E-state index is 12.8. The van der Waals surface area contributed by atoms with Gasteiger partial charge >= 0.3 is 0 Å². The lowest BCUT2D eigenvalue weighted by Gasteiger charge is -2.17. The Morgan fingerprint density at radius 3 is 2.71 bits per heavy atom. The van der Waals surface area contributed by atoms with E-state index < -0.39 is 15.9 Å². The highest BCUT2D eigenvalue weighted by Gasteiger charge is 2.29. The van der Waals surface area contributed by atoms with Crippen LogP contribution in [0.15, 0.2) is 47.5 Å². The smallest absolute Gasteiger partial charge is 0.251 e. The molecular formula is C18H18ClN5O3S. The predicted molar refractivity (Wildman–Crippen MR) is 104 cm³/mol. The van der Waals surface area contributed by atoms with Crippen LogP contribution in [0.25, 0.3) is 5.65 Å². The van der Waals surface area contributed by atoms with Crippen molar-refractivity contribution in [2.75, 3.05) is 13.1 Å². The highest BCUT2D eigenvalue weighted by Crippen LogP contribution is 2.28. The topological polar surface area (TPSA) is 96.7 Å². The number of hydrogen-bond donors (Lipinski definition) is 1. The lowest BCUT2D eigenvalue weighted by Crippen LogP contribution is -2.29. The number of carbonyl (C=O) groups is 1. The van der Waals surface area contributed by atoms with Gasteiger partial charge in [-0.3, -0.25) is 9.20 Å². The first-order valence-electron chi connectivity index (χ1n) is 8.83. The zero-order valence-corrected chi connectivity index (χ0v) is 16.4. The number of nitrogens with zero attached hydrogens (tertiary/aromatic N) is 4. The van der Waals surface area contributed by atoms with Crippen molar-refractivity contribution in [3.05, 3.63) is 59.0 Å². The van der Waals surface area contributed by atoms with Crippen LogP contribution in [0.3, 0.4) is 0 Å². The average molecular weight is 420 g/mol. The predicted octanol–water partition coefficient (Wildman–Crippen LogP) is 2.10. The average Bonchev–Trinajstić information content (AvgIpc) is 3.37.